The van der Waals surface area contributed by atoms with Crippen LogP contribution in [-0.4, -0.2) is 35.4 Å². The van der Waals surface area contributed by atoms with Crippen molar-refractivity contribution in [2.75, 3.05) is 19.6 Å². The fraction of sp³-hybridized carbons (Fsp3) is 0.333. The summed E-state index contributed by atoms with van der Waals surface area (Å²) in [6.07, 6.45) is 0. The van der Waals surface area contributed by atoms with Gasteiger partial charge in [-0.2, -0.15) is 0 Å². The van der Waals surface area contributed by atoms with Crippen LogP contribution in [0, 0.1) is 0 Å². The predicted molar refractivity (Wildman–Crippen MR) is 70.6 cm³/mol. The fourth-order valence-electron chi connectivity index (χ4n) is 1.91. The van der Waals surface area contributed by atoms with Crippen molar-refractivity contribution in [3.8, 4) is 0 Å². The van der Waals surface area contributed by atoms with Crippen LogP contribution in [0.15, 0.2) is 24.3 Å². The second kappa shape index (κ2) is 5.25. The number of nitrogens with two attached hydrogens (primary N) is 1. The maximum atomic E-state index is 11.2. The van der Waals surface area contributed by atoms with Crippen molar-refractivity contribution in [3.63, 3.8) is 0 Å². The van der Waals surface area contributed by atoms with Gasteiger partial charge < -0.3 is 11.1 Å². The molecule has 1 aromatic carbocycles. The standard InChI is InChI=1S/C12H15N3OS/c13-12(17)10-3-1-2-9(6-10)7-15-5-4-14-11(16)8-15/h1-3,6H,4-5,7-8H2,(H2,13,17)(H,14,16). The molecule has 17 heavy (non-hydrogen) atoms. The lowest BCUT2D eigenvalue weighted by Crippen LogP contribution is -2.47. The van der Waals surface area contributed by atoms with Gasteiger partial charge in [0.25, 0.3) is 0 Å². The van der Waals surface area contributed by atoms with Crippen molar-refractivity contribution >= 4 is 23.1 Å². The topological polar surface area (TPSA) is 58.4 Å². The lowest BCUT2D eigenvalue weighted by molar-refractivity contribution is -0.124. The highest BCUT2D eigenvalue weighted by Gasteiger charge is 2.15. The molecule has 2 rings (SSSR count). The van der Waals surface area contributed by atoms with E-state index in [1.165, 1.54) is 0 Å². The Balaban J connectivity index is 2.05. The van der Waals surface area contributed by atoms with Crippen LogP contribution in [0.5, 0.6) is 0 Å². The number of nitrogens with zero attached hydrogens (tertiary/aromatic N) is 1. The Kier molecular flexibility index (Phi) is 3.71. The first kappa shape index (κ1) is 12.0. The van der Waals surface area contributed by atoms with Gasteiger partial charge in [-0.15, -0.1) is 0 Å². The maximum absolute atomic E-state index is 11.2. The first-order valence-corrected chi connectivity index (χ1v) is 5.94. The van der Waals surface area contributed by atoms with Crippen LogP contribution in [0.3, 0.4) is 0 Å². The largest absolute Gasteiger partial charge is 0.389 e. The summed E-state index contributed by atoms with van der Waals surface area (Å²) in [4.78, 5) is 13.8. The highest BCUT2D eigenvalue weighted by molar-refractivity contribution is 7.80. The zero-order valence-electron chi connectivity index (χ0n) is 9.48. The first-order valence-electron chi connectivity index (χ1n) is 5.53. The van der Waals surface area contributed by atoms with Crippen molar-refractivity contribution in [2.24, 2.45) is 5.73 Å². The SMILES string of the molecule is NC(=S)c1cccc(CN2CCNC(=O)C2)c1. The zero-order valence-corrected chi connectivity index (χ0v) is 10.3. The number of hydrogen-bond donors (Lipinski definition) is 2. The summed E-state index contributed by atoms with van der Waals surface area (Å²) in [5, 5.41) is 2.81. The smallest absolute Gasteiger partial charge is 0.234 e. The Hall–Kier alpha value is -1.46. The number of piperazine rings is 1. The summed E-state index contributed by atoms with van der Waals surface area (Å²) in [6, 6.07) is 7.84. The molecule has 90 valence electrons. The molecule has 4 nitrogen and oxygen atoms in total. The fourth-order valence-corrected chi connectivity index (χ4v) is 2.03. The van der Waals surface area contributed by atoms with E-state index in [0.29, 0.717) is 18.1 Å². The molecule has 0 atom stereocenters. The van der Waals surface area contributed by atoms with Crippen LogP contribution in [0.25, 0.3) is 0 Å². The third-order valence-electron chi connectivity index (χ3n) is 2.74. The summed E-state index contributed by atoms with van der Waals surface area (Å²) < 4.78 is 0. The molecule has 1 aromatic rings. The van der Waals surface area contributed by atoms with E-state index < -0.39 is 0 Å². The van der Waals surface area contributed by atoms with Crippen molar-refractivity contribution in [1.82, 2.24) is 10.2 Å². The number of benzene rings is 1. The van der Waals surface area contributed by atoms with Crippen LogP contribution in [0.2, 0.25) is 0 Å². The monoisotopic (exact) mass is 249 g/mol. The van der Waals surface area contributed by atoms with Gasteiger partial charge in [-0.3, -0.25) is 9.69 Å². The molecule has 0 aliphatic carbocycles. The number of rotatable bonds is 3. The predicted octanol–water partition coefficient (Wildman–Crippen LogP) is 0.253. The number of carbonyl (C=O) groups is 1. The van der Waals surface area contributed by atoms with E-state index in [-0.39, 0.29) is 5.91 Å². The minimum atomic E-state index is 0.0850. The van der Waals surface area contributed by atoms with E-state index >= 15 is 0 Å². The Morgan fingerprint density at radius 1 is 1.53 bits per heavy atom. The highest BCUT2D eigenvalue weighted by Crippen LogP contribution is 2.09. The van der Waals surface area contributed by atoms with E-state index in [4.69, 9.17) is 18.0 Å². The Labute approximate surface area is 106 Å². The summed E-state index contributed by atoms with van der Waals surface area (Å²) in [6.45, 7) is 2.80. The van der Waals surface area contributed by atoms with Crippen LogP contribution < -0.4 is 11.1 Å². The Morgan fingerprint density at radius 2 is 2.35 bits per heavy atom. The van der Waals surface area contributed by atoms with E-state index in [1.54, 1.807) is 0 Å². The molecule has 0 bridgehead atoms. The lowest BCUT2D eigenvalue weighted by Gasteiger charge is -2.26. The van der Waals surface area contributed by atoms with E-state index in [0.717, 1.165) is 24.2 Å². The number of thiocarbonyl (C=S) groups is 1. The van der Waals surface area contributed by atoms with Gasteiger partial charge in [-0.05, 0) is 11.6 Å². The normalized spacial score (nSPS) is 16.6. The average Bonchev–Trinajstić information content (AvgIpc) is 2.29. The molecule has 0 saturated carbocycles. The van der Waals surface area contributed by atoms with Crippen LogP contribution in [-0.2, 0) is 11.3 Å². The van der Waals surface area contributed by atoms with Gasteiger partial charge in [0.15, 0.2) is 0 Å². The third-order valence-corrected chi connectivity index (χ3v) is 2.97. The quantitative estimate of drug-likeness (QED) is 0.754. The summed E-state index contributed by atoms with van der Waals surface area (Å²) >= 11 is 4.94. The average molecular weight is 249 g/mol. The van der Waals surface area contributed by atoms with Crippen LogP contribution in [0.4, 0.5) is 0 Å². The maximum Gasteiger partial charge on any atom is 0.234 e. The summed E-state index contributed by atoms with van der Waals surface area (Å²) in [5.74, 6) is 0.0850. The molecule has 0 unspecified atom stereocenters. The Bertz CT molecular complexity index is 447. The minimum absolute atomic E-state index is 0.0850. The Morgan fingerprint density at radius 3 is 3.06 bits per heavy atom. The molecule has 1 amide bonds. The molecule has 1 saturated heterocycles. The van der Waals surface area contributed by atoms with Gasteiger partial charge in [0, 0.05) is 25.2 Å². The second-order valence-electron chi connectivity index (χ2n) is 4.13. The molecular formula is C12H15N3OS. The van der Waals surface area contributed by atoms with Crippen LogP contribution >= 0.6 is 12.2 Å². The van der Waals surface area contributed by atoms with Crippen molar-refractivity contribution < 1.29 is 4.79 Å². The van der Waals surface area contributed by atoms with Gasteiger partial charge in [-0.1, -0.05) is 30.4 Å². The van der Waals surface area contributed by atoms with Gasteiger partial charge in [0.05, 0.1) is 6.54 Å². The van der Waals surface area contributed by atoms with Gasteiger partial charge in [0.1, 0.15) is 4.99 Å². The first-order chi connectivity index (χ1) is 8.15. The molecule has 3 N–H and O–H groups in total. The lowest BCUT2D eigenvalue weighted by atomic mass is 10.1. The molecule has 5 heteroatoms. The van der Waals surface area contributed by atoms with Crippen molar-refractivity contribution in [2.45, 2.75) is 6.54 Å². The van der Waals surface area contributed by atoms with E-state index in [9.17, 15) is 4.79 Å². The number of hydrogen-bond acceptors (Lipinski definition) is 3. The molecular weight excluding hydrogens is 234 g/mol. The number of amides is 1. The number of carbonyl (C=O) groups excluding carboxylic acids is 1. The van der Waals surface area contributed by atoms with Gasteiger partial charge in [-0.25, -0.2) is 0 Å². The van der Waals surface area contributed by atoms with Crippen LogP contribution in [0.1, 0.15) is 11.1 Å². The molecule has 1 fully saturated rings. The van der Waals surface area contributed by atoms with Crippen molar-refractivity contribution in [1.29, 1.82) is 0 Å². The van der Waals surface area contributed by atoms with E-state index in [1.807, 2.05) is 24.3 Å². The molecule has 0 radical (unpaired) electrons. The van der Waals surface area contributed by atoms with Gasteiger partial charge in [0.2, 0.25) is 5.91 Å². The zero-order chi connectivity index (χ0) is 12.3. The highest BCUT2D eigenvalue weighted by atomic mass is 32.1. The second-order valence-corrected chi connectivity index (χ2v) is 4.57. The minimum Gasteiger partial charge on any atom is -0.389 e. The summed E-state index contributed by atoms with van der Waals surface area (Å²) in [7, 11) is 0. The number of nitrogens with one attached hydrogen (secondary N) is 1. The molecule has 1 heterocycles. The molecule has 0 spiro atoms. The summed E-state index contributed by atoms with van der Waals surface area (Å²) in [5.41, 5.74) is 7.60. The van der Waals surface area contributed by atoms with E-state index in [2.05, 4.69) is 10.2 Å². The van der Waals surface area contributed by atoms with Gasteiger partial charge >= 0.3 is 0 Å². The third kappa shape index (κ3) is 3.25. The molecule has 0 aromatic heterocycles. The van der Waals surface area contributed by atoms with Crippen molar-refractivity contribution in [3.05, 3.63) is 35.4 Å². The molecule has 1 aliphatic heterocycles. The molecule has 1 aliphatic rings.